The minimum absolute atomic E-state index is 0.302. The highest BCUT2D eigenvalue weighted by Gasteiger charge is 2.21. The van der Waals surface area contributed by atoms with Crippen molar-refractivity contribution in [1.29, 1.82) is 0 Å². The lowest BCUT2D eigenvalue weighted by Gasteiger charge is -2.18. The first-order chi connectivity index (χ1) is 11.6. The van der Waals surface area contributed by atoms with Crippen LogP contribution in [0.15, 0.2) is 57.4 Å². The van der Waals surface area contributed by atoms with E-state index in [1.165, 1.54) is 15.6 Å². The lowest BCUT2D eigenvalue weighted by molar-refractivity contribution is 0.445. The Kier molecular flexibility index (Phi) is 4.84. The molecule has 0 unspecified atom stereocenters. The quantitative estimate of drug-likeness (QED) is 0.662. The summed E-state index contributed by atoms with van der Waals surface area (Å²) in [5.74, 6) is 0.729. The maximum Gasteiger partial charge on any atom is 0.243 e. The molecule has 0 saturated heterocycles. The number of aromatic nitrogens is 1. The van der Waals surface area contributed by atoms with E-state index in [2.05, 4.69) is 4.98 Å². The van der Waals surface area contributed by atoms with Crippen LogP contribution in [0, 0.1) is 0 Å². The summed E-state index contributed by atoms with van der Waals surface area (Å²) in [6.45, 7) is 4.58. The summed E-state index contributed by atoms with van der Waals surface area (Å²) in [6, 6.07) is 10.5. The van der Waals surface area contributed by atoms with Crippen LogP contribution in [-0.2, 0) is 10.0 Å². The van der Waals surface area contributed by atoms with Gasteiger partial charge in [0, 0.05) is 24.0 Å². The predicted octanol–water partition coefficient (Wildman–Crippen LogP) is 4.10. The molecular weight excluding hydrogens is 344 g/mol. The summed E-state index contributed by atoms with van der Waals surface area (Å²) in [4.78, 5) is 4.85. The first-order valence-corrected chi connectivity index (χ1v) is 9.98. The maximum atomic E-state index is 12.5. The van der Waals surface area contributed by atoms with E-state index in [1.54, 1.807) is 30.5 Å². The Morgan fingerprint density at radius 1 is 1.12 bits per heavy atom. The molecule has 0 N–H and O–H groups in total. The standard InChI is InChI=1S/C17H18N2O3S2/c1-3-19(4-2)24(20,21)14-9-7-13(8-10-14)15-12-23-17(18-15)16-6-5-11-22-16/h5-12H,3-4H2,1-2H3. The molecule has 0 radical (unpaired) electrons. The second-order valence-corrected chi connectivity index (χ2v) is 7.92. The van der Waals surface area contributed by atoms with Crippen LogP contribution in [0.4, 0.5) is 0 Å². The third-order valence-corrected chi connectivity index (χ3v) is 6.65. The van der Waals surface area contributed by atoms with E-state index in [9.17, 15) is 8.42 Å². The van der Waals surface area contributed by atoms with Crippen LogP contribution in [0.2, 0.25) is 0 Å². The molecule has 5 nitrogen and oxygen atoms in total. The van der Waals surface area contributed by atoms with Gasteiger partial charge in [-0.1, -0.05) is 26.0 Å². The van der Waals surface area contributed by atoms with Crippen LogP contribution in [0.5, 0.6) is 0 Å². The predicted molar refractivity (Wildman–Crippen MR) is 95.4 cm³/mol. The fourth-order valence-electron chi connectivity index (χ4n) is 2.43. The summed E-state index contributed by atoms with van der Waals surface area (Å²) in [5.41, 5.74) is 1.68. The molecule has 126 valence electrons. The van der Waals surface area contributed by atoms with Crippen molar-refractivity contribution >= 4 is 21.4 Å². The largest absolute Gasteiger partial charge is 0.462 e. The fraction of sp³-hybridized carbons (Fsp3) is 0.235. The molecule has 24 heavy (non-hydrogen) atoms. The molecule has 7 heteroatoms. The van der Waals surface area contributed by atoms with Gasteiger partial charge in [0.05, 0.1) is 16.9 Å². The summed E-state index contributed by atoms with van der Waals surface area (Å²) in [5, 5.41) is 2.74. The first-order valence-electron chi connectivity index (χ1n) is 7.66. The third-order valence-electron chi connectivity index (χ3n) is 3.73. The van der Waals surface area contributed by atoms with Gasteiger partial charge in [-0.2, -0.15) is 4.31 Å². The third kappa shape index (κ3) is 3.15. The zero-order valence-corrected chi connectivity index (χ0v) is 15.1. The number of hydrogen-bond donors (Lipinski definition) is 0. The zero-order chi connectivity index (χ0) is 17.2. The van der Waals surface area contributed by atoms with Crippen LogP contribution in [0.1, 0.15) is 13.8 Å². The topological polar surface area (TPSA) is 63.4 Å². The number of rotatable bonds is 6. The second-order valence-electron chi connectivity index (χ2n) is 5.13. The van der Waals surface area contributed by atoms with Crippen molar-refractivity contribution in [3.05, 3.63) is 48.0 Å². The Hall–Kier alpha value is -1.96. The normalized spacial score (nSPS) is 12.0. The van der Waals surface area contributed by atoms with Crippen LogP contribution in [0.25, 0.3) is 22.0 Å². The number of thiazole rings is 1. The average Bonchev–Trinajstić information content (AvgIpc) is 3.27. The molecule has 0 bridgehead atoms. The van der Waals surface area contributed by atoms with Crippen molar-refractivity contribution in [2.45, 2.75) is 18.7 Å². The minimum atomic E-state index is -3.43. The number of hydrogen-bond acceptors (Lipinski definition) is 5. The average molecular weight is 362 g/mol. The molecular formula is C17H18N2O3S2. The number of sulfonamides is 1. The van der Waals surface area contributed by atoms with Gasteiger partial charge in [0.2, 0.25) is 10.0 Å². The van der Waals surface area contributed by atoms with E-state index in [0.717, 1.165) is 22.0 Å². The number of nitrogens with zero attached hydrogens (tertiary/aromatic N) is 2. The maximum absolute atomic E-state index is 12.5. The van der Waals surface area contributed by atoms with E-state index in [-0.39, 0.29) is 0 Å². The molecule has 1 aromatic carbocycles. The van der Waals surface area contributed by atoms with Gasteiger partial charge in [0.1, 0.15) is 0 Å². The van der Waals surface area contributed by atoms with Gasteiger partial charge in [-0.3, -0.25) is 0 Å². The van der Waals surface area contributed by atoms with Crippen molar-refractivity contribution in [2.75, 3.05) is 13.1 Å². The lowest BCUT2D eigenvalue weighted by Crippen LogP contribution is -2.30. The summed E-state index contributed by atoms with van der Waals surface area (Å²) in [7, 11) is -3.43. The molecule has 0 spiro atoms. The second kappa shape index (κ2) is 6.88. The van der Waals surface area contributed by atoms with Crippen LogP contribution >= 0.6 is 11.3 Å². The highest BCUT2D eigenvalue weighted by Crippen LogP contribution is 2.29. The van der Waals surface area contributed by atoms with Gasteiger partial charge >= 0.3 is 0 Å². The van der Waals surface area contributed by atoms with Gasteiger partial charge in [0.15, 0.2) is 10.8 Å². The highest BCUT2D eigenvalue weighted by molar-refractivity contribution is 7.89. The highest BCUT2D eigenvalue weighted by atomic mass is 32.2. The van der Waals surface area contributed by atoms with Gasteiger partial charge in [0.25, 0.3) is 0 Å². The van der Waals surface area contributed by atoms with Gasteiger partial charge in [-0.25, -0.2) is 13.4 Å². The Bertz CT molecular complexity index is 894. The van der Waals surface area contributed by atoms with E-state index in [4.69, 9.17) is 4.42 Å². The van der Waals surface area contributed by atoms with Crippen LogP contribution < -0.4 is 0 Å². The van der Waals surface area contributed by atoms with Crippen molar-refractivity contribution in [1.82, 2.24) is 9.29 Å². The monoisotopic (exact) mass is 362 g/mol. The van der Waals surface area contributed by atoms with E-state index < -0.39 is 10.0 Å². The van der Waals surface area contributed by atoms with Gasteiger partial charge in [-0.15, -0.1) is 11.3 Å². The summed E-state index contributed by atoms with van der Waals surface area (Å²) in [6.07, 6.45) is 1.61. The number of furan rings is 1. The van der Waals surface area contributed by atoms with Gasteiger partial charge in [-0.05, 0) is 24.3 Å². The molecule has 0 aliphatic carbocycles. The Balaban J connectivity index is 1.88. The molecule has 0 fully saturated rings. The lowest BCUT2D eigenvalue weighted by atomic mass is 10.2. The SMILES string of the molecule is CCN(CC)S(=O)(=O)c1ccc(-c2csc(-c3ccco3)n2)cc1. The Morgan fingerprint density at radius 2 is 1.83 bits per heavy atom. The molecule has 0 atom stereocenters. The van der Waals surface area contributed by atoms with E-state index in [0.29, 0.717) is 18.0 Å². The minimum Gasteiger partial charge on any atom is -0.462 e. The summed E-state index contributed by atoms with van der Waals surface area (Å²) >= 11 is 1.49. The molecule has 2 aromatic heterocycles. The van der Waals surface area contributed by atoms with Crippen molar-refractivity contribution in [3.8, 4) is 22.0 Å². The molecule has 3 aromatic rings. The molecule has 0 aliphatic heterocycles. The van der Waals surface area contributed by atoms with E-state index in [1.807, 2.05) is 31.4 Å². The van der Waals surface area contributed by atoms with Crippen molar-refractivity contribution in [2.24, 2.45) is 0 Å². The van der Waals surface area contributed by atoms with Crippen molar-refractivity contribution in [3.63, 3.8) is 0 Å². The van der Waals surface area contributed by atoms with Crippen LogP contribution in [0.3, 0.4) is 0 Å². The molecule has 0 aliphatic rings. The van der Waals surface area contributed by atoms with Gasteiger partial charge < -0.3 is 4.42 Å². The Morgan fingerprint density at radius 3 is 2.42 bits per heavy atom. The molecule has 0 saturated carbocycles. The first kappa shape index (κ1) is 16.9. The van der Waals surface area contributed by atoms with E-state index >= 15 is 0 Å². The smallest absolute Gasteiger partial charge is 0.243 e. The number of benzene rings is 1. The fourth-order valence-corrected chi connectivity index (χ4v) is 4.68. The van der Waals surface area contributed by atoms with Crippen LogP contribution in [-0.4, -0.2) is 30.8 Å². The Labute approximate surface area is 145 Å². The summed E-state index contributed by atoms with van der Waals surface area (Å²) < 4.78 is 31.8. The molecule has 3 rings (SSSR count). The zero-order valence-electron chi connectivity index (χ0n) is 13.5. The van der Waals surface area contributed by atoms with Crippen molar-refractivity contribution < 1.29 is 12.8 Å². The molecule has 2 heterocycles. The molecule has 0 amide bonds.